The van der Waals surface area contributed by atoms with Crippen LogP contribution in [0.5, 0.6) is 0 Å². The van der Waals surface area contributed by atoms with Crippen molar-refractivity contribution in [3.63, 3.8) is 0 Å². The summed E-state index contributed by atoms with van der Waals surface area (Å²) in [4.78, 5) is 12.0. The third-order valence-corrected chi connectivity index (χ3v) is 3.24. The maximum atomic E-state index is 13.6. The molecule has 4 N–H and O–H groups in total. The van der Waals surface area contributed by atoms with Crippen molar-refractivity contribution in [3.8, 4) is 0 Å². The molecule has 104 valence electrons. The highest BCUT2D eigenvalue weighted by Crippen LogP contribution is 2.20. The number of amidine groups is 1. The molecule has 0 heterocycles. The summed E-state index contributed by atoms with van der Waals surface area (Å²) in [5.41, 5.74) is 5.39. The lowest BCUT2D eigenvalue weighted by molar-refractivity contribution is 0.0934. The van der Waals surface area contributed by atoms with E-state index in [0.29, 0.717) is 4.47 Å². The smallest absolute Gasteiger partial charge is 0.256 e. The monoisotopic (exact) mass is 331 g/mol. The van der Waals surface area contributed by atoms with Crippen molar-refractivity contribution in [2.75, 3.05) is 0 Å². The number of amides is 1. The van der Waals surface area contributed by atoms with Crippen LogP contribution in [-0.2, 0) is 0 Å². The second kappa shape index (κ2) is 6.51. The molecule has 0 spiro atoms. The van der Waals surface area contributed by atoms with Gasteiger partial charge in [0.25, 0.3) is 5.91 Å². The van der Waals surface area contributed by atoms with Gasteiger partial charge in [-0.25, -0.2) is 4.39 Å². The first-order valence-electron chi connectivity index (χ1n) is 5.60. The summed E-state index contributed by atoms with van der Waals surface area (Å²) < 4.78 is 14.0. The van der Waals surface area contributed by atoms with E-state index in [9.17, 15) is 9.18 Å². The first-order valence-corrected chi connectivity index (χ1v) is 6.40. The van der Waals surface area contributed by atoms with E-state index >= 15 is 0 Å². The van der Waals surface area contributed by atoms with E-state index in [-0.39, 0.29) is 17.3 Å². The zero-order chi connectivity index (χ0) is 14.6. The molecule has 5 nitrogen and oxygen atoms in total. The number of nitrogens with zero attached hydrogens (tertiary/aromatic N) is 1. The van der Waals surface area contributed by atoms with Gasteiger partial charge < -0.3 is 16.3 Å². The van der Waals surface area contributed by atoms with Gasteiger partial charge in [0.05, 0.1) is 11.6 Å². The summed E-state index contributed by atoms with van der Waals surface area (Å²) >= 11 is 3.12. The number of carbonyl (C=O) groups excluding carboxylic acids is 1. The maximum Gasteiger partial charge on any atom is 0.256 e. The quantitative estimate of drug-likeness (QED) is 0.341. The predicted octanol–water partition coefficient (Wildman–Crippen LogP) is 2.09. The number of nitrogens with two attached hydrogens (primary N) is 1. The third kappa shape index (κ3) is 3.66. The van der Waals surface area contributed by atoms with Gasteiger partial charge in [-0.3, -0.25) is 4.79 Å². The van der Waals surface area contributed by atoms with Gasteiger partial charge in [-0.15, -0.1) is 0 Å². The SMILES string of the molecule is CC(C)C(NC(=O)c1c(F)cccc1Br)/C(N)=N/O. The number of halogens is 2. The van der Waals surface area contributed by atoms with E-state index in [2.05, 4.69) is 26.4 Å². The van der Waals surface area contributed by atoms with Crippen LogP contribution in [0.2, 0.25) is 0 Å². The molecule has 0 saturated carbocycles. The summed E-state index contributed by atoms with van der Waals surface area (Å²) in [5, 5.41) is 14.1. The minimum absolute atomic E-state index is 0.106. The Kier molecular flexibility index (Phi) is 5.29. The van der Waals surface area contributed by atoms with Crippen LogP contribution >= 0.6 is 15.9 Å². The van der Waals surface area contributed by atoms with Crippen LogP contribution < -0.4 is 11.1 Å². The fourth-order valence-corrected chi connectivity index (χ4v) is 2.09. The Labute approximate surface area is 118 Å². The summed E-state index contributed by atoms with van der Waals surface area (Å²) in [6.45, 7) is 3.58. The molecule has 0 bridgehead atoms. The molecule has 0 saturated heterocycles. The molecule has 0 aromatic heterocycles. The molecule has 19 heavy (non-hydrogen) atoms. The van der Waals surface area contributed by atoms with E-state index in [1.807, 2.05) is 0 Å². The topological polar surface area (TPSA) is 87.7 Å². The second-order valence-corrected chi connectivity index (χ2v) is 5.17. The van der Waals surface area contributed by atoms with Crippen molar-refractivity contribution in [1.29, 1.82) is 0 Å². The fraction of sp³-hybridized carbons (Fsp3) is 0.333. The van der Waals surface area contributed by atoms with E-state index in [0.717, 1.165) is 0 Å². The normalized spacial score (nSPS) is 13.4. The van der Waals surface area contributed by atoms with Crippen LogP contribution in [0.3, 0.4) is 0 Å². The van der Waals surface area contributed by atoms with Crippen LogP contribution in [0.25, 0.3) is 0 Å². The lowest BCUT2D eigenvalue weighted by atomic mass is 10.0. The zero-order valence-electron chi connectivity index (χ0n) is 10.5. The number of oxime groups is 1. The highest BCUT2D eigenvalue weighted by Gasteiger charge is 2.24. The van der Waals surface area contributed by atoms with Gasteiger partial charge >= 0.3 is 0 Å². The molecule has 0 aliphatic carbocycles. The minimum atomic E-state index is -0.677. The van der Waals surface area contributed by atoms with Gasteiger partial charge in [-0.05, 0) is 34.0 Å². The van der Waals surface area contributed by atoms with Crippen molar-refractivity contribution >= 4 is 27.7 Å². The number of rotatable bonds is 4. The molecular weight excluding hydrogens is 317 g/mol. The Morgan fingerprint density at radius 1 is 1.53 bits per heavy atom. The van der Waals surface area contributed by atoms with Crippen molar-refractivity contribution in [1.82, 2.24) is 5.32 Å². The summed E-state index contributed by atoms with van der Waals surface area (Å²) in [6.07, 6.45) is 0. The van der Waals surface area contributed by atoms with Crippen LogP contribution in [0.4, 0.5) is 4.39 Å². The third-order valence-electron chi connectivity index (χ3n) is 2.58. The Morgan fingerprint density at radius 2 is 2.16 bits per heavy atom. The fourth-order valence-electron chi connectivity index (χ4n) is 1.57. The molecule has 1 atom stereocenters. The maximum absolute atomic E-state index is 13.6. The van der Waals surface area contributed by atoms with E-state index in [1.165, 1.54) is 12.1 Å². The van der Waals surface area contributed by atoms with E-state index in [4.69, 9.17) is 10.9 Å². The average Bonchev–Trinajstić information content (AvgIpc) is 2.34. The number of benzene rings is 1. The minimum Gasteiger partial charge on any atom is -0.409 e. The molecule has 0 aliphatic rings. The van der Waals surface area contributed by atoms with Crippen LogP contribution in [0, 0.1) is 11.7 Å². The van der Waals surface area contributed by atoms with Crippen LogP contribution in [-0.4, -0.2) is 23.0 Å². The van der Waals surface area contributed by atoms with Gasteiger partial charge in [0.2, 0.25) is 0 Å². The summed E-state index contributed by atoms with van der Waals surface area (Å²) in [5.74, 6) is -1.51. The molecule has 0 radical (unpaired) electrons. The lowest BCUT2D eigenvalue weighted by Crippen LogP contribution is -2.48. The van der Waals surface area contributed by atoms with Crippen LogP contribution in [0.15, 0.2) is 27.8 Å². The van der Waals surface area contributed by atoms with E-state index < -0.39 is 17.8 Å². The first-order chi connectivity index (χ1) is 8.88. The molecule has 0 fully saturated rings. The van der Waals surface area contributed by atoms with Gasteiger partial charge in [0.1, 0.15) is 5.82 Å². The first kappa shape index (κ1) is 15.4. The predicted molar refractivity (Wildman–Crippen MR) is 73.6 cm³/mol. The highest BCUT2D eigenvalue weighted by atomic mass is 79.9. The van der Waals surface area contributed by atoms with Crippen LogP contribution in [0.1, 0.15) is 24.2 Å². The Balaban J connectivity index is 3.01. The van der Waals surface area contributed by atoms with Gasteiger partial charge in [-0.2, -0.15) is 0 Å². The molecule has 1 aromatic carbocycles. The molecular formula is C12H15BrFN3O2. The number of nitrogens with one attached hydrogen (secondary N) is 1. The second-order valence-electron chi connectivity index (χ2n) is 4.32. The summed E-state index contributed by atoms with van der Waals surface area (Å²) in [6, 6.07) is 3.56. The van der Waals surface area contributed by atoms with Crippen molar-refractivity contribution in [2.24, 2.45) is 16.8 Å². The number of carbonyl (C=O) groups is 1. The Bertz CT molecular complexity index is 485. The molecule has 0 aliphatic heterocycles. The zero-order valence-corrected chi connectivity index (χ0v) is 12.1. The Hall–Kier alpha value is -1.63. The van der Waals surface area contributed by atoms with Crippen molar-refractivity contribution in [2.45, 2.75) is 19.9 Å². The van der Waals surface area contributed by atoms with Crippen molar-refractivity contribution in [3.05, 3.63) is 34.1 Å². The number of hydrogen-bond acceptors (Lipinski definition) is 3. The average molecular weight is 332 g/mol. The molecule has 7 heteroatoms. The van der Waals surface area contributed by atoms with Gasteiger partial charge in [-0.1, -0.05) is 25.1 Å². The van der Waals surface area contributed by atoms with Crippen molar-refractivity contribution < 1.29 is 14.4 Å². The summed E-state index contributed by atoms with van der Waals surface area (Å²) in [7, 11) is 0. The largest absolute Gasteiger partial charge is 0.409 e. The van der Waals surface area contributed by atoms with Gasteiger partial charge in [0.15, 0.2) is 5.84 Å². The molecule has 1 aromatic rings. The van der Waals surface area contributed by atoms with Gasteiger partial charge in [0, 0.05) is 4.47 Å². The molecule has 1 rings (SSSR count). The standard InChI is InChI=1S/C12H15BrFN3O2/c1-6(2)10(11(15)17-19)16-12(18)9-7(13)4-3-5-8(9)14/h3-6,10,19H,1-2H3,(H2,15,17)(H,16,18). The Morgan fingerprint density at radius 3 is 2.63 bits per heavy atom. The lowest BCUT2D eigenvalue weighted by Gasteiger charge is -2.21. The molecule has 1 unspecified atom stereocenters. The van der Waals surface area contributed by atoms with E-state index in [1.54, 1.807) is 19.9 Å². The number of hydrogen-bond donors (Lipinski definition) is 3. The highest BCUT2D eigenvalue weighted by molar-refractivity contribution is 9.10. The molecule has 1 amide bonds.